The van der Waals surface area contributed by atoms with Crippen LogP contribution in [0.15, 0.2) is 24.3 Å². The number of nitrogens with zero attached hydrogens (tertiary/aromatic N) is 1. The molecule has 0 saturated carbocycles. The Hall–Kier alpha value is -1.55. The van der Waals surface area contributed by atoms with Gasteiger partial charge in [-0.3, -0.25) is 0 Å². The zero-order valence-electron chi connectivity index (χ0n) is 10.8. The zero-order chi connectivity index (χ0) is 13.0. The van der Waals surface area contributed by atoms with Crippen LogP contribution >= 0.6 is 11.3 Å². The molecule has 0 fully saturated rings. The molecule has 0 aliphatic carbocycles. The van der Waals surface area contributed by atoms with Crippen molar-refractivity contribution >= 4 is 16.3 Å². The number of hydrogen-bond acceptors (Lipinski definition) is 4. The molecule has 0 radical (unpaired) electrons. The van der Waals surface area contributed by atoms with E-state index >= 15 is 0 Å². The monoisotopic (exact) mass is 262 g/mol. The van der Waals surface area contributed by atoms with Crippen LogP contribution in [0.5, 0.6) is 5.75 Å². The molecule has 0 aliphatic heterocycles. The molecule has 0 aliphatic rings. The van der Waals surface area contributed by atoms with Crippen LogP contribution in [0.25, 0.3) is 11.3 Å². The molecule has 3 nitrogen and oxygen atoms in total. The number of nitrogens with two attached hydrogens (primary N) is 1. The fourth-order valence-electron chi connectivity index (χ4n) is 1.69. The first-order valence-corrected chi connectivity index (χ1v) is 6.98. The van der Waals surface area contributed by atoms with Gasteiger partial charge < -0.3 is 10.5 Å². The van der Waals surface area contributed by atoms with Crippen molar-refractivity contribution in [2.24, 2.45) is 0 Å². The highest BCUT2D eigenvalue weighted by Gasteiger charge is 2.08. The Balaban J connectivity index is 2.10. The van der Waals surface area contributed by atoms with Crippen LogP contribution in [0.3, 0.4) is 0 Å². The number of benzene rings is 1. The van der Waals surface area contributed by atoms with Gasteiger partial charge in [-0.2, -0.15) is 0 Å². The predicted octanol–water partition coefficient (Wildman–Crippen LogP) is 3.88. The summed E-state index contributed by atoms with van der Waals surface area (Å²) in [5.41, 5.74) is 7.85. The standard InChI is InChI=1S/C14H18N2OS/c1-3-4-9-17-12-7-5-11(6-8-12)13-14(15)18-10(2)16-13/h5-8H,3-4,9,15H2,1-2H3. The number of aryl methyl sites for hydroxylation is 1. The maximum atomic E-state index is 5.93. The summed E-state index contributed by atoms with van der Waals surface area (Å²) >= 11 is 1.52. The van der Waals surface area contributed by atoms with Crippen molar-refractivity contribution < 1.29 is 4.74 Å². The van der Waals surface area contributed by atoms with Crippen LogP contribution in [0.2, 0.25) is 0 Å². The molecule has 0 amide bonds. The summed E-state index contributed by atoms with van der Waals surface area (Å²) in [5, 5.41) is 1.76. The van der Waals surface area contributed by atoms with E-state index in [0.717, 1.165) is 46.5 Å². The molecular weight excluding hydrogens is 244 g/mol. The highest BCUT2D eigenvalue weighted by molar-refractivity contribution is 7.16. The van der Waals surface area contributed by atoms with Crippen LogP contribution in [0, 0.1) is 6.92 Å². The molecule has 0 bridgehead atoms. The summed E-state index contributed by atoms with van der Waals surface area (Å²) in [5.74, 6) is 0.901. The van der Waals surface area contributed by atoms with Gasteiger partial charge >= 0.3 is 0 Å². The summed E-state index contributed by atoms with van der Waals surface area (Å²) < 4.78 is 5.62. The van der Waals surface area contributed by atoms with E-state index in [0.29, 0.717) is 0 Å². The number of rotatable bonds is 5. The summed E-state index contributed by atoms with van der Waals surface area (Å²) in [4.78, 5) is 4.44. The van der Waals surface area contributed by atoms with E-state index in [1.54, 1.807) is 0 Å². The number of aromatic nitrogens is 1. The van der Waals surface area contributed by atoms with Gasteiger partial charge in [-0.05, 0) is 37.6 Å². The maximum Gasteiger partial charge on any atom is 0.119 e. The number of thiazole rings is 1. The lowest BCUT2D eigenvalue weighted by Crippen LogP contribution is -1.96. The fraction of sp³-hybridized carbons (Fsp3) is 0.357. The molecule has 0 atom stereocenters. The Morgan fingerprint density at radius 1 is 1.28 bits per heavy atom. The van der Waals surface area contributed by atoms with Crippen molar-refractivity contribution in [3.8, 4) is 17.0 Å². The average molecular weight is 262 g/mol. The van der Waals surface area contributed by atoms with Gasteiger partial charge in [0.05, 0.1) is 11.6 Å². The van der Waals surface area contributed by atoms with Gasteiger partial charge in [-0.15, -0.1) is 11.3 Å². The second-order valence-corrected chi connectivity index (χ2v) is 5.41. The largest absolute Gasteiger partial charge is 0.494 e. The van der Waals surface area contributed by atoms with E-state index in [1.165, 1.54) is 11.3 Å². The minimum absolute atomic E-state index is 0.771. The molecule has 0 spiro atoms. The van der Waals surface area contributed by atoms with Crippen LogP contribution in [-0.4, -0.2) is 11.6 Å². The minimum Gasteiger partial charge on any atom is -0.494 e. The van der Waals surface area contributed by atoms with Crippen molar-refractivity contribution in [3.05, 3.63) is 29.3 Å². The molecule has 1 aromatic heterocycles. The molecule has 96 valence electrons. The van der Waals surface area contributed by atoms with Crippen molar-refractivity contribution in [2.75, 3.05) is 12.3 Å². The van der Waals surface area contributed by atoms with E-state index in [4.69, 9.17) is 10.5 Å². The third kappa shape index (κ3) is 3.01. The topological polar surface area (TPSA) is 48.1 Å². The summed E-state index contributed by atoms with van der Waals surface area (Å²) in [6.45, 7) is 4.89. The van der Waals surface area contributed by atoms with Crippen molar-refractivity contribution in [2.45, 2.75) is 26.7 Å². The number of unbranched alkanes of at least 4 members (excludes halogenated alkanes) is 1. The lowest BCUT2D eigenvalue weighted by molar-refractivity contribution is 0.309. The molecule has 2 aromatic rings. The van der Waals surface area contributed by atoms with E-state index in [-0.39, 0.29) is 0 Å². The number of hydrogen-bond donors (Lipinski definition) is 1. The number of anilines is 1. The summed E-state index contributed by atoms with van der Waals surface area (Å²) in [6.07, 6.45) is 2.23. The first-order valence-electron chi connectivity index (χ1n) is 6.17. The van der Waals surface area contributed by atoms with Gasteiger partial charge in [-0.1, -0.05) is 13.3 Å². The second kappa shape index (κ2) is 5.87. The van der Waals surface area contributed by atoms with Gasteiger partial charge in [0, 0.05) is 5.56 Å². The lowest BCUT2D eigenvalue weighted by atomic mass is 10.1. The van der Waals surface area contributed by atoms with Crippen molar-refractivity contribution in [3.63, 3.8) is 0 Å². The van der Waals surface area contributed by atoms with Crippen LogP contribution in [0.4, 0.5) is 5.00 Å². The molecule has 0 unspecified atom stereocenters. The zero-order valence-corrected chi connectivity index (χ0v) is 11.6. The highest BCUT2D eigenvalue weighted by Crippen LogP contribution is 2.31. The smallest absolute Gasteiger partial charge is 0.119 e. The average Bonchev–Trinajstić information content (AvgIpc) is 2.70. The Morgan fingerprint density at radius 3 is 2.56 bits per heavy atom. The molecule has 18 heavy (non-hydrogen) atoms. The van der Waals surface area contributed by atoms with E-state index in [2.05, 4.69) is 11.9 Å². The Morgan fingerprint density at radius 2 is 2.00 bits per heavy atom. The molecule has 1 aromatic carbocycles. The lowest BCUT2D eigenvalue weighted by Gasteiger charge is -2.05. The first-order chi connectivity index (χ1) is 8.70. The van der Waals surface area contributed by atoms with Gasteiger partial charge in [0.2, 0.25) is 0 Å². The molecule has 2 rings (SSSR count). The van der Waals surface area contributed by atoms with Gasteiger partial charge in [0.25, 0.3) is 0 Å². The van der Waals surface area contributed by atoms with Crippen molar-refractivity contribution in [1.29, 1.82) is 0 Å². The highest BCUT2D eigenvalue weighted by atomic mass is 32.1. The Kier molecular flexibility index (Phi) is 4.20. The van der Waals surface area contributed by atoms with Gasteiger partial charge in [0.1, 0.15) is 16.4 Å². The van der Waals surface area contributed by atoms with Gasteiger partial charge in [0.15, 0.2) is 0 Å². The first kappa shape index (κ1) is 12.9. The number of ether oxygens (including phenoxy) is 1. The summed E-state index contributed by atoms with van der Waals surface area (Å²) in [7, 11) is 0. The fourth-order valence-corrected chi connectivity index (χ4v) is 2.41. The quantitative estimate of drug-likeness (QED) is 0.832. The molecule has 4 heteroatoms. The van der Waals surface area contributed by atoms with E-state index in [9.17, 15) is 0 Å². The maximum absolute atomic E-state index is 5.93. The minimum atomic E-state index is 0.771. The molecule has 2 N–H and O–H groups in total. The normalized spacial score (nSPS) is 10.6. The Labute approximate surface area is 112 Å². The third-order valence-electron chi connectivity index (χ3n) is 2.65. The predicted molar refractivity (Wildman–Crippen MR) is 77.1 cm³/mol. The third-order valence-corrected chi connectivity index (χ3v) is 3.45. The van der Waals surface area contributed by atoms with Gasteiger partial charge in [-0.25, -0.2) is 4.98 Å². The molecular formula is C14H18N2OS. The van der Waals surface area contributed by atoms with Crippen LogP contribution in [-0.2, 0) is 0 Å². The SMILES string of the molecule is CCCCOc1ccc(-c2nc(C)sc2N)cc1. The van der Waals surface area contributed by atoms with Crippen LogP contribution in [0.1, 0.15) is 24.8 Å². The molecule has 0 saturated heterocycles. The van der Waals surface area contributed by atoms with E-state index in [1.807, 2.05) is 31.2 Å². The van der Waals surface area contributed by atoms with E-state index < -0.39 is 0 Å². The summed E-state index contributed by atoms with van der Waals surface area (Å²) in [6, 6.07) is 7.95. The Bertz CT molecular complexity index is 505. The number of nitrogen functional groups attached to an aromatic ring is 1. The van der Waals surface area contributed by atoms with Crippen LogP contribution < -0.4 is 10.5 Å². The second-order valence-electron chi connectivity index (χ2n) is 4.17. The van der Waals surface area contributed by atoms with Crippen molar-refractivity contribution in [1.82, 2.24) is 4.98 Å². The molecule has 1 heterocycles.